The predicted molar refractivity (Wildman–Crippen MR) is 187 cm³/mol. The van der Waals surface area contributed by atoms with Gasteiger partial charge in [-0.05, 0) is 44.1 Å². The van der Waals surface area contributed by atoms with Crippen molar-refractivity contribution < 1.29 is 5.11 Å². The monoisotopic (exact) mass is 580 g/mol. The van der Waals surface area contributed by atoms with Crippen molar-refractivity contribution in [3.8, 4) is 0 Å². The van der Waals surface area contributed by atoms with Gasteiger partial charge in [-0.2, -0.15) is 0 Å². The Bertz CT molecular complexity index is 462. The van der Waals surface area contributed by atoms with E-state index in [4.69, 9.17) is 0 Å². The van der Waals surface area contributed by atoms with Crippen molar-refractivity contribution in [3.05, 3.63) is 0 Å². The van der Waals surface area contributed by atoms with Gasteiger partial charge in [0.1, 0.15) is 0 Å². The summed E-state index contributed by atoms with van der Waals surface area (Å²) in [5.41, 5.74) is 0. The van der Waals surface area contributed by atoms with Crippen LogP contribution >= 0.6 is 0 Å². The van der Waals surface area contributed by atoms with Crippen molar-refractivity contribution in [2.24, 2.45) is 11.8 Å². The third kappa shape index (κ3) is 36.0. The summed E-state index contributed by atoms with van der Waals surface area (Å²) in [6, 6.07) is 0.623. The molecule has 0 bridgehead atoms. The number of unbranched alkanes of at least 4 members (excludes halogenated alkanes) is 23. The summed E-state index contributed by atoms with van der Waals surface area (Å²) in [6.07, 6.45) is 42.1. The van der Waals surface area contributed by atoms with Crippen molar-refractivity contribution in [3.63, 3.8) is 0 Å². The highest BCUT2D eigenvalue weighted by Gasteiger charge is 2.07. The molecule has 2 heteroatoms. The minimum Gasteiger partial charge on any atom is -0.396 e. The summed E-state index contributed by atoms with van der Waals surface area (Å²) >= 11 is 0. The summed E-state index contributed by atoms with van der Waals surface area (Å²) in [6.45, 7) is 10.9. The number of nitrogens with one attached hydrogen (secondary N) is 1. The molecule has 1 unspecified atom stereocenters. The van der Waals surface area contributed by atoms with Crippen LogP contribution in [0.2, 0.25) is 0 Å². The molecule has 0 aromatic rings. The molecule has 0 saturated heterocycles. The molecule has 0 aliphatic carbocycles. The Morgan fingerprint density at radius 3 is 0.927 bits per heavy atom. The zero-order chi connectivity index (χ0) is 30.1. The molecule has 0 spiro atoms. The molecule has 0 radical (unpaired) electrons. The maximum absolute atomic E-state index is 9.31. The predicted octanol–water partition coefficient (Wildman–Crippen LogP) is 13.0. The van der Waals surface area contributed by atoms with E-state index in [0.29, 0.717) is 12.6 Å². The fourth-order valence-electron chi connectivity index (χ4n) is 6.33. The van der Waals surface area contributed by atoms with Crippen LogP contribution in [0.15, 0.2) is 0 Å². The molecule has 1 atom stereocenters. The number of hydrogen-bond acceptors (Lipinski definition) is 2. The second-order valence-corrected chi connectivity index (χ2v) is 14.5. The van der Waals surface area contributed by atoms with Gasteiger partial charge in [0.05, 0.1) is 0 Å². The number of aliphatic hydroxyl groups excluding tert-OH is 1. The third-order valence-corrected chi connectivity index (χ3v) is 9.19. The topological polar surface area (TPSA) is 32.3 Å². The average Bonchev–Trinajstić information content (AvgIpc) is 2.94. The summed E-state index contributed by atoms with van der Waals surface area (Å²) in [5.74, 6) is 1.76. The maximum Gasteiger partial charge on any atom is 0.0431 e. The van der Waals surface area contributed by atoms with Gasteiger partial charge < -0.3 is 10.4 Å². The highest BCUT2D eigenvalue weighted by atomic mass is 16.2. The molecule has 248 valence electrons. The van der Waals surface area contributed by atoms with Crippen molar-refractivity contribution in [1.29, 1.82) is 0 Å². The fraction of sp³-hybridized carbons (Fsp3) is 1.00. The van der Waals surface area contributed by atoms with E-state index >= 15 is 0 Å². The summed E-state index contributed by atoms with van der Waals surface area (Å²) < 4.78 is 0. The third-order valence-electron chi connectivity index (χ3n) is 9.19. The summed E-state index contributed by atoms with van der Waals surface area (Å²) in [4.78, 5) is 0. The zero-order valence-corrected chi connectivity index (χ0v) is 29.3. The smallest absolute Gasteiger partial charge is 0.0431 e. The average molecular weight is 580 g/mol. The van der Waals surface area contributed by atoms with Crippen molar-refractivity contribution >= 4 is 0 Å². The van der Waals surface area contributed by atoms with Gasteiger partial charge in [0.2, 0.25) is 0 Å². The first kappa shape index (κ1) is 40.9. The van der Waals surface area contributed by atoms with Crippen LogP contribution < -0.4 is 5.32 Å². The van der Waals surface area contributed by atoms with Gasteiger partial charge in [0, 0.05) is 12.6 Å². The van der Waals surface area contributed by atoms with Crippen LogP contribution in [-0.2, 0) is 0 Å². The number of aliphatic hydroxyl groups is 1. The largest absolute Gasteiger partial charge is 0.396 e. The van der Waals surface area contributed by atoms with Crippen molar-refractivity contribution in [1.82, 2.24) is 5.32 Å². The van der Waals surface area contributed by atoms with Crippen LogP contribution in [0, 0.1) is 11.8 Å². The Morgan fingerprint density at radius 2 is 0.610 bits per heavy atom. The first-order chi connectivity index (χ1) is 20.1. The van der Waals surface area contributed by atoms with E-state index in [0.717, 1.165) is 24.7 Å². The molecule has 0 aliphatic rings. The van der Waals surface area contributed by atoms with Gasteiger partial charge in [-0.15, -0.1) is 0 Å². The first-order valence-electron chi connectivity index (χ1n) is 19.4. The van der Waals surface area contributed by atoms with Gasteiger partial charge >= 0.3 is 0 Å². The molecular formula is C39H81NO. The molecule has 0 aromatic carbocycles. The van der Waals surface area contributed by atoms with Crippen molar-refractivity contribution in [2.45, 2.75) is 226 Å². The Labute approximate surface area is 261 Å². The first-order valence-corrected chi connectivity index (χ1v) is 19.4. The molecular weight excluding hydrogens is 498 g/mol. The lowest BCUT2D eigenvalue weighted by Crippen LogP contribution is -2.30. The van der Waals surface area contributed by atoms with Crippen LogP contribution in [-0.4, -0.2) is 24.3 Å². The summed E-state index contributed by atoms with van der Waals surface area (Å²) in [5, 5.41) is 13.2. The highest BCUT2D eigenvalue weighted by Crippen LogP contribution is 2.17. The second-order valence-electron chi connectivity index (χ2n) is 14.5. The lowest BCUT2D eigenvalue weighted by molar-refractivity contribution is 0.271. The van der Waals surface area contributed by atoms with Crippen LogP contribution in [0.1, 0.15) is 220 Å². The minimum atomic E-state index is 0.342. The maximum atomic E-state index is 9.31. The van der Waals surface area contributed by atoms with E-state index in [1.165, 1.54) is 186 Å². The summed E-state index contributed by atoms with van der Waals surface area (Å²) in [7, 11) is 0. The standard InChI is InChI=1S/C39H81NO/c1-37(2)31-26-22-18-14-10-6-5-9-13-17-21-25-29-35-40-39(34-30-36-41)33-28-24-20-16-12-8-7-11-15-19-23-27-32-38(3)4/h37-41H,5-36H2,1-4H3. The Morgan fingerprint density at radius 1 is 0.341 bits per heavy atom. The molecule has 0 saturated carbocycles. The van der Waals surface area contributed by atoms with Gasteiger partial charge in [0.25, 0.3) is 0 Å². The normalized spacial score (nSPS) is 12.7. The number of rotatable bonds is 35. The minimum absolute atomic E-state index is 0.342. The Kier molecular flexibility index (Phi) is 34.3. The fourth-order valence-corrected chi connectivity index (χ4v) is 6.33. The molecule has 0 rings (SSSR count). The molecule has 2 nitrogen and oxygen atoms in total. The Balaban J connectivity index is 3.46. The molecule has 2 N–H and O–H groups in total. The van der Waals surface area contributed by atoms with Gasteiger partial charge in [-0.1, -0.05) is 195 Å². The lowest BCUT2D eigenvalue weighted by Gasteiger charge is -2.18. The van der Waals surface area contributed by atoms with E-state index in [1.807, 2.05) is 0 Å². The molecule has 41 heavy (non-hydrogen) atoms. The lowest BCUT2D eigenvalue weighted by atomic mass is 10.0. The molecule has 0 heterocycles. The SMILES string of the molecule is CC(C)CCCCCCCCCCCCCCCNC(CCCO)CCCCCCCCCCCCCCC(C)C. The highest BCUT2D eigenvalue weighted by molar-refractivity contribution is 4.67. The van der Waals surface area contributed by atoms with E-state index in [9.17, 15) is 5.11 Å². The van der Waals surface area contributed by atoms with Gasteiger partial charge in [-0.3, -0.25) is 0 Å². The molecule has 0 aromatic heterocycles. The second kappa shape index (κ2) is 34.4. The van der Waals surface area contributed by atoms with Crippen LogP contribution in [0.5, 0.6) is 0 Å². The van der Waals surface area contributed by atoms with E-state index in [2.05, 4.69) is 33.0 Å². The Hall–Kier alpha value is -0.0800. The van der Waals surface area contributed by atoms with Crippen LogP contribution in [0.3, 0.4) is 0 Å². The van der Waals surface area contributed by atoms with E-state index in [-0.39, 0.29) is 0 Å². The zero-order valence-electron chi connectivity index (χ0n) is 29.3. The van der Waals surface area contributed by atoms with Gasteiger partial charge in [-0.25, -0.2) is 0 Å². The molecule has 0 aliphatic heterocycles. The quantitative estimate of drug-likeness (QED) is 0.0732. The van der Waals surface area contributed by atoms with E-state index < -0.39 is 0 Å². The van der Waals surface area contributed by atoms with Crippen molar-refractivity contribution in [2.75, 3.05) is 13.2 Å². The molecule has 0 amide bonds. The van der Waals surface area contributed by atoms with Gasteiger partial charge in [0.15, 0.2) is 0 Å². The number of hydrogen-bond donors (Lipinski definition) is 2. The molecule has 0 fully saturated rings. The van der Waals surface area contributed by atoms with Crippen LogP contribution in [0.4, 0.5) is 0 Å². The van der Waals surface area contributed by atoms with Crippen LogP contribution in [0.25, 0.3) is 0 Å². The van der Waals surface area contributed by atoms with E-state index in [1.54, 1.807) is 0 Å².